The molecule has 1 atom stereocenters. The summed E-state index contributed by atoms with van der Waals surface area (Å²) in [6.45, 7) is 3.72. The molecule has 0 radical (unpaired) electrons. The highest BCUT2D eigenvalue weighted by molar-refractivity contribution is 5.94. The topological polar surface area (TPSA) is 56.7 Å². The number of hydrogen-bond donors (Lipinski definition) is 1. The van der Waals surface area contributed by atoms with Crippen LogP contribution < -0.4 is 4.90 Å². The van der Waals surface area contributed by atoms with E-state index in [9.17, 15) is 9.90 Å². The average molecular weight is 339 g/mol. The first-order chi connectivity index (χ1) is 12.1. The number of aliphatic hydroxyl groups excluding tert-OH is 1. The molecule has 0 bridgehead atoms. The highest BCUT2D eigenvalue weighted by atomic mass is 16.3. The summed E-state index contributed by atoms with van der Waals surface area (Å²) < 4.78 is 0. The Hall–Kier alpha value is -2.40. The molecule has 1 aliphatic rings. The van der Waals surface area contributed by atoms with Crippen LogP contribution in [0.1, 0.15) is 41.7 Å². The number of amides is 1. The van der Waals surface area contributed by atoms with Gasteiger partial charge >= 0.3 is 0 Å². The van der Waals surface area contributed by atoms with E-state index in [4.69, 9.17) is 0 Å². The quantitative estimate of drug-likeness (QED) is 0.931. The van der Waals surface area contributed by atoms with Crippen molar-refractivity contribution in [1.29, 1.82) is 0 Å². The third kappa shape index (κ3) is 3.99. The molecule has 1 aromatic heterocycles. The van der Waals surface area contributed by atoms with Crippen molar-refractivity contribution in [3.63, 3.8) is 0 Å². The Morgan fingerprint density at radius 3 is 2.36 bits per heavy atom. The van der Waals surface area contributed by atoms with Crippen molar-refractivity contribution in [1.82, 2.24) is 9.88 Å². The highest BCUT2D eigenvalue weighted by Gasteiger charge is 2.20. The van der Waals surface area contributed by atoms with Gasteiger partial charge in [-0.05, 0) is 61.7 Å². The molecule has 25 heavy (non-hydrogen) atoms. The van der Waals surface area contributed by atoms with E-state index in [0.717, 1.165) is 37.2 Å². The van der Waals surface area contributed by atoms with Crippen molar-refractivity contribution in [3.8, 4) is 0 Å². The number of piperidine rings is 1. The zero-order valence-corrected chi connectivity index (χ0v) is 14.8. The fourth-order valence-electron chi connectivity index (χ4n) is 3.18. The lowest BCUT2D eigenvalue weighted by atomic mass is 10.1. The molecule has 1 unspecified atom stereocenters. The van der Waals surface area contributed by atoms with Crippen LogP contribution in [0.25, 0.3) is 0 Å². The Balaban J connectivity index is 1.68. The lowest BCUT2D eigenvalue weighted by molar-refractivity contribution is 0.0742. The van der Waals surface area contributed by atoms with Gasteiger partial charge in [-0.1, -0.05) is 0 Å². The molecular weight excluding hydrogens is 314 g/mol. The predicted octanol–water partition coefficient (Wildman–Crippen LogP) is 2.88. The SMILES string of the molecule is CC(c1ccncc1)N(C)C(=O)c1ccc(N2CCC(O)CC2)cc1. The Morgan fingerprint density at radius 2 is 1.76 bits per heavy atom. The van der Waals surface area contributed by atoms with E-state index in [1.165, 1.54) is 0 Å². The number of pyridine rings is 1. The van der Waals surface area contributed by atoms with E-state index in [1.807, 2.05) is 50.4 Å². The summed E-state index contributed by atoms with van der Waals surface area (Å²) in [5, 5.41) is 9.62. The van der Waals surface area contributed by atoms with Crippen LogP contribution in [-0.4, -0.2) is 47.1 Å². The van der Waals surface area contributed by atoms with Crippen molar-refractivity contribution in [2.45, 2.75) is 31.9 Å². The zero-order valence-electron chi connectivity index (χ0n) is 14.8. The minimum atomic E-state index is -0.180. The molecule has 3 rings (SSSR count). The number of benzene rings is 1. The van der Waals surface area contributed by atoms with Crippen molar-refractivity contribution in [3.05, 3.63) is 59.9 Å². The van der Waals surface area contributed by atoms with Crippen LogP contribution >= 0.6 is 0 Å². The lowest BCUT2D eigenvalue weighted by Crippen LogP contribution is -2.35. The van der Waals surface area contributed by atoms with Gasteiger partial charge in [-0.3, -0.25) is 9.78 Å². The number of carbonyl (C=O) groups excluding carboxylic acids is 1. The van der Waals surface area contributed by atoms with E-state index in [0.29, 0.717) is 5.56 Å². The van der Waals surface area contributed by atoms with Gasteiger partial charge < -0.3 is 14.9 Å². The van der Waals surface area contributed by atoms with Crippen molar-refractivity contribution < 1.29 is 9.90 Å². The molecule has 2 aromatic rings. The highest BCUT2D eigenvalue weighted by Crippen LogP contribution is 2.23. The van der Waals surface area contributed by atoms with Crippen LogP contribution in [0.3, 0.4) is 0 Å². The van der Waals surface area contributed by atoms with Gasteiger partial charge in [0.1, 0.15) is 0 Å². The van der Waals surface area contributed by atoms with Crippen LogP contribution in [0.4, 0.5) is 5.69 Å². The molecule has 132 valence electrons. The van der Waals surface area contributed by atoms with E-state index in [-0.39, 0.29) is 18.1 Å². The maximum atomic E-state index is 12.8. The maximum absolute atomic E-state index is 12.8. The molecule has 5 nitrogen and oxygen atoms in total. The fraction of sp³-hybridized carbons (Fsp3) is 0.400. The van der Waals surface area contributed by atoms with Gasteiger partial charge in [-0.25, -0.2) is 0 Å². The van der Waals surface area contributed by atoms with Crippen LogP contribution in [0.5, 0.6) is 0 Å². The number of nitrogens with zero attached hydrogens (tertiary/aromatic N) is 3. The molecule has 1 amide bonds. The summed E-state index contributed by atoms with van der Waals surface area (Å²) in [6.07, 6.45) is 4.91. The molecule has 2 heterocycles. The molecule has 0 saturated carbocycles. The largest absolute Gasteiger partial charge is 0.393 e. The van der Waals surface area contributed by atoms with Gasteiger partial charge in [0.05, 0.1) is 12.1 Å². The molecule has 0 spiro atoms. The molecule has 1 saturated heterocycles. The van der Waals surface area contributed by atoms with E-state index in [1.54, 1.807) is 17.3 Å². The zero-order chi connectivity index (χ0) is 17.8. The van der Waals surface area contributed by atoms with Gasteiger partial charge in [0, 0.05) is 43.8 Å². The van der Waals surface area contributed by atoms with E-state index in [2.05, 4.69) is 9.88 Å². The minimum Gasteiger partial charge on any atom is -0.393 e. The first-order valence-corrected chi connectivity index (χ1v) is 8.76. The van der Waals surface area contributed by atoms with Crippen LogP contribution in [0.15, 0.2) is 48.8 Å². The van der Waals surface area contributed by atoms with Crippen LogP contribution in [0.2, 0.25) is 0 Å². The minimum absolute atomic E-state index is 0.00456. The maximum Gasteiger partial charge on any atom is 0.254 e. The second kappa shape index (κ2) is 7.66. The predicted molar refractivity (Wildman–Crippen MR) is 98.6 cm³/mol. The number of aromatic nitrogens is 1. The summed E-state index contributed by atoms with van der Waals surface area (Å²) in [6, 6.07) is 11.6. The second-order valence-corrected chi connectivity index (χ2v) is 6.64. The monoisotopic (exact) mass is 339 g/mol. The van der Waals surface area contributed by atoms with Gasteiger partial charge in [0.25, 0.3) is 5.91 Å². The lowest BCUT2D eigenvalue weighted by Gasteiger charge is -2.31. The van der Waals surface area contributed by atoms with Gasteiger partial charge in [-0.2, -0.15) is 0 Å². The van der Waals surface area contributed by atoms with Crippen molar-refractivity contribution in [2.24, 2.45) is 0 Å². The van der Waals surface area contributed by atoms with E-state index < -0.39 is 0 Å². The first-order valence-electron chi connectivity index (χ1n) is 8.76. The standard InChI is InChI=1S/C20H25N3O2/c1-15(16-7-11-21-12-8-16)22(2)20(25)17-3-5-18(6-4-17)23-13-9-19(24)10-14-23/h3-8,11-12,15,19,24H,9-10,13-14H2,1-2H3. The third-order valence-corrected chi connectivity index (χ3v) is 5.03. The molecule has 1 fully saturated rings. The number of carbonyl (C=O) groups is 1. The van der Waals surface area contributed by atoms with Gasteiger partial charge in [0.15, 0.2) is 0 Å². The summed E-state index contributed by atoms with van der Waals surface area (Å²) in [5.41, 5.74) is 2.85. The molecule has 1 N–H and O–H groups in total. The average Bonchev–Trinajstić information content (AvgIpc) is 2.67. The number of aliphatic hydroxyl groups is 1. The Morgan fingerprint density at radius 1 is 1.16 bits per heavy atom. The van der Waals surface area contributed by atoms with Crippen molar-refractivity contribution in [2.75, 3.05) is 25.0 Å². The fourth-order valence-corrected chi connectivity index (χ4v) is 3.18. The summed E-state index contributed by atoms with van der Waals surface area (Å²) in [5.74, 6) is 0.00456. The summed E-state index contributed by atoms with van der Waals surface area (Å²) in [4.78, 5) is 20.8. The molecule has 1 aliphatic heterocycles. The smallest absolute Gasteiger partial charge is 0.254 e. The molecule has 1 aromatic carbocycles. The van der Waals surface area contributed by atoms with Gasteiger partial charge in [-0.15, -0.1) is 0 Å². The third-order valence-electron chi connectivity index (χ3n) is 5.03. The first kappa shape index (κ1) is 17.4. The molecular formula is C20H25N3O2. The second-order valence-electron chi connectivity index (χ2n) is 6.64. The Labute approximate surface area is 148 Å². The van der Waals surface area contributed by atoms with Gasteiger partial charge in [0.2, 0.25) is 0 Å². The summed E-state index contributed by atoms with van der Waals surface area (Å²) in [7, 11) is 1.83. The number of anilines is 1. The van der Waals surface area contributed by atoms with Crippen LogP contribution in [0, 0.1) is 0 Å². The number of rotatable bonds is 4. The molecule has 5 heteroatoms. The normalized spacial score (nSPS) is 16.5. The van der Waals surface area contributed by atoms with Crippen molar-refractivity contribution >= 4 is 11.6 Å². The Kier molecular flexibility index (Phi) is 5.34. The Bertz CT molecular complexity index is 695. The van der Waals surface area contributed by atoms with Crippen LogP contribution in [-0.2, 0) is 0 Å². The molecule has 0 aliphatic carbocycles. The number of hydrogen-bond acceptors (Lipinski definition) is 4. The van der Waals surface area contributed by atoms with E-state index >= 15 is 0 Å². The summed E-state index contributed by atoms with van der Waals surface area (Å²) >= 11 is 0.